The second-order valence-electron chi connectivity index (χ2n) is 4.48. The van der Waals surface area contributed by atoms with Gasteiger partial charge >= 0.3 is 0 Å². The van der Waals surface area contributed by atoms with Gasteiger partial charge in [-0.25, -0.2) is 4.39 Å². The van der Waals surface area contributed by atoms with Crippen LogP contribution in [-0.4, -0.2) is 7.05 Å². The lowest BCUT2D eigenvalue weighted by Crippen LogP contribution is -2.20. The fourth-order valence-electron chi connectivity index (χ4n) is 1.98. The highest BCUT2D eigenvalue weighted by Crippen LogP contribution is 2.26. The standard InChI is InChI=1S/C14H17FN2O/c1-10(16)13-7-12(15)3-4-14(13)17(2)8-11-5-6-18-9-11/h3-7,9-10H,8,16H2,1-2H3/t10-/m1/s1. The van der Waals surface area contributed by atoms with Gasteiger partial charge in [0.1, 0.15) is 5.82 Å². The molecule has 0 bridgehead atoms. The van der Waals surface area contributed by atoms with Crippen LogP contribution >= 0.6 is 0 Å². The highest BCUT2D eigenvalue weighted by molar-refractivity contribution is 5.54. The van der Waals surface area contributed by atoms with Gasteiger partial charge in [-0.2, -0.15) is 0 Å². The van der Waals surface area contributed by atoms with Crippen LogP contribution in [0.25, 0.3) is 0 Å². The number of anilines is 1. The SMILES string of the molecule is C[C@@H](N)c1cc(F)ccc1N(C)Cc1ccoc1. The van der Waals surface area contributed by atoms with Crippen molar-refractivity contribution in [3.05, 3.63) is 53.7 Å². The number of nitrogens with two attached hydrogens (primary N) is 1. The van der Waals surface area contributed by atoms with E-state index < -0.39 is 0 Å². The summed E-state index contributed by atoms with van der Waals surface area (Å²) in [5, 5.41) is 0. The van der Waals surface area contributed by atoms with Gasteiger partial charge in [-0.05, 0) is 36.8 Å². The second-order valence-corrected chi connectivity index (χ2v) is 4.48. The number of halogens is 1. The average molecular weight is 248 g/mol. The van der Waals surface area contributed by atoms with Gasteiger partial charge in [0.15, 0.2) is 0 Å². The van der Waals surface area contributed by atoms with E-state index in [1.54, 1.807) is 18.6 Å². The number of rotatable bonds is 4. The van der Waals surface area contributed by atoms with E-state index in [1.807, 2.05) is 24.9 Å². The summed E-state index contributed by atoms with van der Waals surface area (Å²) in [5.74, 6) is -0.261. The smallest absolute Gasteiger partial charge is 0.123 e. The minimum absolute atomic E-state index is 0.206. The summed E-state index contributed by atoms with van der Waals surface area (Å²) in [5.41, 5.74) is 8.69. The molecule has 0 saturated heterocycles. The Bertz CT molecular complexity index is 509. The van der Waals surface area contributed by atoms with Gasteiger partial charge in [-0.15, -0.1) is 0 Å². The molecule has 0 unspecified atom stereocenters. The predicted octanol–water partition coefficient (Wildman–Crippen LogP) is 3.07. The van der Waals surface area contributed by atoms with E-state index in [1.165, 1.54) is 12.1 Å². The Balaban J connectivity index is 2.26. The summed E-state index contributed by atoms with van der Waals surface area (Å²) in [6.45, 7) is 2.55. The van der Waals surface area contributed by atoms with E-state index in [4.69, 9.17) is 10.2 Å². The summed E-state index contributed by atoms with van der Waals surface area (Å²) in [6.07, 6.45) is 3.34. The summed E-state index contributed by atoms with van der Waals surface area (Å²) < 4.78 is 18.3. The fourth-order valence-corrected chi connectivity index (χ4v) is 1.98. The second kappa shape index (κ2) is 5.23. The van der Waals surface area contributed by atoms with Gasteiger partial charge in [0.05, 0.1) is 12.5 Å². The lowest BCUT2D eigenvalue weighted by atomic mass is 10.1. The fraction of sp³-hybridized carbons (Fsp3) is 0.286. The molecule has 4 heteroatoms. The van der Waals surface area contributed by atoms with Gasteiger partial charge in [0.2, 0.25) is 0 Å². The predicted molar refractivity (Wildman–Crippen MR) is 69.8 cm³/mol. The van der Waals surface area contributed by atoms with Crippen LogP contribution in [0.2, 0.25) is 0 Å². The average Bonchev–Trinajstić information content (AvgIpc) is 2.81. The molecule has 2 rings (SSSR count). The third-order valence-corrected chi connectivity index (χ3v) is 2.89. The molecule has 3 nitrogen and oxygen atoms in total. The Kier molecular flexibility index (Phi) is 3.67. The molecule has 0 aliphatic carbocycles. The van der Waals surface area contributed by atoms with Crippen molar-refractivity contribution in [3.63, 3.8) is 0 Å². The van der Waals surface area contributed by atoms with Crippen molar-refractivity contribution >= 4 is 5.69 Å². The van der Waals surface area contributed by atoms with E-state index in [9.17, 15) is 4.39 Å². The van der Waals surface area contributed by atoms with Crippen molar-refractivity contribution < 1.29 is 8.81 Å². The molecule has 0 radical (unpaired) electrons. The summed E-state index contributed by atoms with van der Waals surface area (Å²) in [4.78, 5) is 2.03. The number of hydrogen-bond acceptors (Lipinski definition) is 3. The zero-order valence-corrected chi connectivity index (χ0v) is 10.6. The molecule has 1 heterocycles. The van der Waals surface area contributed by atoms with E-state index in [0.717, 1.165) is 16.8 Å². The normalized spacial score (nSPS) is 12.4. The number of benzene rings is 1. The van der Waals surface area contributed by atoms with Crippen molar-refractivity contribution in [2.75, 3.05) is 11.9 Å². The first kappa shape index (κ1) is 12.6. The van der Waals surface area contributed by atoms with Gasteiger partial charge in [0.25, 0.3) is 0 Å². The maximum atomic E-state index is 13.3. The van der Waals surface area contributed by atoms with Crippen LogP contribution in [0.3, 0.4) is 0 Å². The first-order chi connectivity index (χ1) is 8.58. The monoisotopic (exact) mass is 248 g/mol. The molecule has 0 fully saturated rings. The highest BCUT2D eigenvalue weighted by Gasteiger charge is 2.12. The Morgan fingerprint density at radius 2 is 2.17 bits per heavy atom. The highest BCUT2D eigenvalue weighted by atomic mass is 19.1. The molecule has 18 heavy (non-hydrogen) atoms. The molecule has 2 N–H and O–H groups in total. The topological polar surface area (TPSA) is 42.4 Å². The zero-order chi connectivity index (χ0) is 13.1. The van der Waals surface area contributed by atoms with E-state index in [2.05, 4.69) is 0 Å². The minimum atomic E-state index is -0.261. The van der Waals surface area contributed by atoms with Crippen LogP contribution in [0.15, 0.2) is 41.2 Å². The van der Waals surface area contributed by atoms with Gasteiger partial charge in [-0.3, -0.25) is 0 Å². The van der Waals surface area contributed by atoms with Crippen molar-refractivity contribution in [1.29, 1.82) is 0 Å². The Morgan fingerprint density at radius 3 is 2.78 bits per heavy atom. The molecule has 0 spiro atoms. The maximum Gasteiger partial charge on any atom is 0.123 e. The summed E-state index contributed by atoms with van der Waals surface area (Å²) >= 11 is 0. The number of nitrogens with zero attached hydrogens (tertiary/aromatic N) is 1. The van der Waals surface area contributed by atoms with E-state index in [0.29, 0.717) is 6.54 Å². The van der Waals surface area contributed by atoms with Crippen molar-refractivity contribution in [3.8, 4) is 0 Å². The number of furan rings is 1. The van der Waals surface area contributed by atoms with Crippen molar-refractivity contribution in [2.24, 2.45) is 5.73 Å². The first-order valence-corrected chi connectivity index (χ1v) is 5.85. The molecule has 1 atom stereocenters. The van der Waals surface area contributed by atoms with Crippen LogP contribution in [0.5, 0.6) is 0 Å². The lowest BCUT2D eigenvalue weighted by molar-refractivity contribution is 0.563. The summed E-state index contributed by atoms with van der Waals surface area (Å²) in [7, 11) is 1.95. The summed E-state index contributed by atoms with van der Waals surface area (Å²) in [6, 6.07) is 6.40. The number of hydrogen-bond donors (Lipinski definition) is 1. The molecule has 2 aromatic rings. The largest absolute Gasteiger partial charge is 0.472 e. The molecule has 0 amide bonds. The molecule has 1 aromatic heterocycles. The molecular formula is C14H17FN2O. The lowest BCUT2D eigenvalue weighted by Gasteiger charge is -2.23. The van der Waals surface area contributed by atoms with Crippen LogP contribution in [0.4, 0.5) is 10.1 Å². The minimum Gasteiger partial charge on any atom is -0.472 e. The van der Waals surface area contributed by atoms with Crippen LogP contribution in [0, 0.1) is 5.82 Å². The Labute approximate surface area is 106 Å². The molecule has 0 aliphatic heterocycles. The first-order valence-electron chi connectivity index (χ1n) is 5.85. The van der Waals surface area contributed by atoms with Gasteiger partial charge in [0, 0.05) is 30.9 Å². The quantitative estimate of drug-likeness (QED) is 0.904. The Hall–Kier alpha value is -1.81. The third-order valence-electron chi connectivity index (χ3n) is 2.89. The van der Waals surface area contributed by atoms with Crippen LogP contribution in [-0.2, 0) is 6.54 Å². The third kappa shape index (κ3) is 2.71. The maximum absolute atomic E-state index is 13.3. The van der Waals surface area contributed by atoms with Gasteiger partial charge in [-0.1, -0.05) is 0 Å². The van der Waals surface area contributed by atoms with Crippen LogP contribution < -0.4 is 10.6 Å². The van der Waals surface area contributed by atoms with Crippen molar-refractivity contribution in [1.82, 2.24) is 0 Å². The van der Waals surface area contributed by atoms with Crippen molar-refractivity contribution in [2.45, 2.75) is 19.5 Å². The van der Waals surface area contributed by atoms with E-state index >= 15 is 0 Å². The van der Waals surface area contributed by atoms with Gasteiger partial charge < -0.3 is 15.1 Å². The molecule has 96 valence electrons. The zero-order valence-electron chi connectivity index (χ0n) is 10.6. The molecule has 0 aliphatic rings. The van der Waals surface area contributed by atoms with Crippen LogP contribution in [0.1, 0.15) is 24.1 Å². The van der Waals surface area contributed by atoms with E-state index in [-0.39, 0.29) is 11.9 Å². The molecular weight excluding hydrogens is 231 g/mol. The molecule has 1 aromatic carbocycles. The Morgan fingerprint density at radius 1 is 1.39 bits per heavy atom. The molecule has 0 saturated carbocycles.